The molecule has 9 heteroatoms. The molecule has 2 aliphatic heterocycles. The molecule has 3 aliphatic rings. The van der Waals surface area contributed by atoms with Gasteiger partial charge in [-0.15, -0.1) is 0 Å². The molecule has 1 aromatic heterocycles. The average molecular weight is 469 g/mol. The number of nitrogens with zero attached hydrogens (tertiary/aromatic N) is 3. The smallest absolute Gasteiger partial charge is 0.258 e. The highest BCUT2D eigenvalue weighted by molar-refractivity contribution is 8.00. The van der Waals surface area contributed by atoms with Crippen molar-refractivity contribution in [2.45, 2.75) is 38.5 Å². The van der Waals surface area contributed by atoms with Crippen molar-refractivity contribution in [2.24, 2.45) is 11.3 Å². The van der Waals surface area contributed by atoms with Crippen LogP contribution in [0.25, 0.3) is 0 Å². The number of aliphatic hydroxyl groups is 1. The van der Waals surface area contributed by atoms with Gasteiger partial charge in [0.25, 0.3) is 5.91 Å². The number of fused-ring (bicyclic) bond motifs is 7. The van der Waals surface area contributed by atoms with E-state index in [1.807, 2.05) is 12.1 Å². The van der Waals surface area contributed by atoms with E-state index in [0.29, 0.717) is 34.4 Å². The maximum Gasteiger partial charge on any atom is 0.258 e. The van der Waals surface area contributed by atoms with Crippen LogP contribution in [-0.2, 0) is 0 Å². The van der Waals surface area contributed by atoms with Gasteiger partial charge < -0.3 is 25.4 Å². The van der Waals surface area contributed by atoms with Crippen molar-refractivity contribution in [3.8, 4) is 0 Å². The summed E-state index contributed by atoms with van der Waals surface area (Å²) in [6, 6.07) is 7.61. The van der Waals surface area contributed by atoms with Crippen LogP contribution in [0.2, 0.25) is 0 Å². The summed E-state index contributed by atoms with van der Waals surface area (Å²) in [6.07, 6.45) is 9.02. The van der Waals surface area contributed by atoms with Crippen molar-refractivity contribution in [3.05, 3.63) is 36.0 Å². The normalized spacial score (nSPS) is 21.8. The van der Waals surface area contributed by atoms with Crippen LogP contribution in [-0.4, -0.2) is 53.0 Å². The minimum atomic E-state index is -0.164. The first-order valence-corrected chi connectivity index (χ1v) is 12.9. The third-order valence-corrected chi connectivity index (χ3v) is 7.97. The Morgan fingerprint density at radius 3 is 3.00 bits per heavy atom. The van der Waals surface area contributed by atoms with Crippen molar-refractivity contribution >= 4 is 41.0 Å². The van der Waals surface area contributed by atoms with Gasteiger partial charge in [-0.05, 0) is 67.7 Å². The lowest BCUT2D eigenvalue weighted by Gasteiger charge is -2.41. The number of carbonyl (C=O) groups is 1. The molecule has 8 nitrogen and oxygen atoms in total. The maximum absolute atomic E-state index is 13.3. The van der Waals surface area contributed by atoms with Crippen LogP contribution in [0, 0.1) is 11.3 Å². The molecule has 3 heterocycles. The van der Waals surface area contributed by atoms with Crippen molar-refractivity contribution in [3.63, 3.8) is 0 Å². The Morgan fingerprint density at radius 2 is 2.15 bits per heavy atom. The second kappa shape index (κ2) is 9.77. The Bertz CT molecular complexity index is 999. The molecule has 1 unspecified atom stereocenters. The van der Waals surface area contributed by atoms with E-state index in [4.69, 9.17) is 5.11 Å². The van der Waals surface area contributed by atoms with Gasteiger partial charge in [-0.3, -0.25) is 4.79 Å². The molecule has 4 N–H and O–H groups in total. The number of amides is 1. The fourth-order valence-corrected chi connectivity index (χ4v) is 5.68. The first-order valence-electron chi connectivity index (χ1n) is 11.9. The summed E-state index contributed by atoms with van der Waals surface area (Å²) < 4.78 is 3.30. The Labute approximate surface area is 199 Å². The van der Waals surface area contributed by atoms with E-state index in [1.54, 1.807) is 12.3 Å². The third-order valence-electron chi connectivity index (χ3n) is 7.20. The van der Waals surface area contributed by atoms with E-state index in [2.05, 4.69) is 36.3 Å². The Hall–Kier alpha value is -2.52. The van der Waals surface area contributed by atoms with Crippen LogP contribution in [0.5, 0.6) is 0 Å². The third kappa shape index (κ3) is 5.04. The zero-order chi connectivity index (χ0) is 22.7. The first-order chi connectivity index (χ1) is 16.2. The van der Waals surface area contributed by atoms with Crippen molar-refractivity contribution in [2.75, 3.05) is 52.2 Å². The van der Waals surface area contributed by atoms with E-state index < -0.39 is 0 Å². The molecule has 2 fully saturated rings. The Morgan fingerprint density at radius 1 is 1.24 bits per heavy atom. The molecule has 1 saturated carbocycles. The molecule has 1 aliphatic carbocycles. The van der Waals surface area contributed by atoms with Gasteiger partial charge in [0.15, 0.2) is 0 Å². The zero-order valence-electron chi connectivity index (χ0n) is 18.8. The largest absolute Gasteiger partial charge is 0.395 e. The minimum Gasteiger partial charge on any atom is -0.395 e. The second-order valence-electron chi connectivity index (χ2n) is 9.30. The fraction of sp³-hybridized carbons (Fsp3) is 0.542. The van der Waals surface area contributed by atoms with Gasteiger partial charge in [0.05, 0.1) is 17.9 Å². The average Bonchev–Trinajstić information content (AvgIpc) is 3.60. The number of anilines is 4. The van der Waals surface area contributed by atoms with Crippen LogP contribution in [0.4, 0.5) is 23.1 Å². The van der Waals surface area contributed by atoms with Crippen LogP contribution in [0.1, 0.15) is 48.9 Å². The molecule has 1 aromatic carbocycles. The number of aliphatic hydroxyl groups excluding tert-OH is 1. The van der Waals surface area contributed by atoms with Gasteiger partial charge in [-0.1, -0.05) is 18.4 Å². The number of nitrogens with one attached hydrogen (secondary N) is 3. The van der Waals surface area contributed by atoms with Crippen LogP contribution >= 0.6 is 11.9 Å². The number of piperidine rings is 1. The number of carbonyl (C=O) groups excluding carboxylic acids is 1. The van der Waals surface area contributed by atoms with Gasteiger partial charge in [-0.2, -0.15) is 4.98 Å². The van der Waals surface area contributed by atoms with Crippen LogP contribution in [0.3, 0.4) is 0 Å². The molecule has 1 spiro atoms. The van der Waals surface area contributed by atoms with E-state index >= 15 is 0 Å². The fourth-order valence-electron chi connectivity index (χ4n) is 5.19. The molecule has 176 valence electrons. The van der Waals surface area contributed by atoms with Gasteiger partial charge in [0.1, 0.15) is 5.82 Å². The number of hydrogen-bond donors (Lipinski definition) is 4. The predicted octanol–water partition coefficient (Wildman–Crippen LogP) is 3.98. The summed E-state index contributed by atoms with van der Waals surface area (Å²) in [5.74, 6) is 2.14. The van der Waals surface area contributed by atoms with E-state index in [-0.39, 0.29) is 12.5 Å². The van der Waals surface area contributed by atoms with Gasteiger partial charge >= 0.3 is 0 Å². The first kappa shape index (κ1) is 22.3. The molecular formula is C24H32N6O2S. The Balaban J connectivity index is 1.48. The molecule has 4 bridgehead atoms. The summed E-state index contributed by atoms with van der Waals surface area (Å²) in [4.78, 5) is 24.5. The SMILES string of the molecule is O=C1Nc2ccnc(n2)NCCCCC2CN(CCC23CC3)c2cc(NSCCO)ccc21. The highest BCUT2D eigenvalue weighted by Crippen LogP contribution is 2.58. The van der Waals surface area contributed by atoms with E-state index in [1.165, 1.54) is 44.1 Å². The molecule has 0 radical (unpaired) electrons. The number of aromatic nitrogens is 2. The van der Waals surface area contributed by atoms with Crippen LogP contribution < -0.4 is 20.3 Å². The summed E-state index contributed by atoms with van der Waals surface area (Å²) in [7, 11) is 0. The summed E-state index contributed by atoms with van der Waals surface area (Å²) >= 11 is 1.47. The summed E-state index contributed by atoms with van der Waals surface area (Å²) in [6.45, 7) is 2.93. The quantitative estimate of drug-likeness (QED) is 0.395. The lowest BCUT2D eigenvalue weighted by atomic mass is 9.79. The number of rotatable bonds is 4. The van der Waals surface area contributed by atoms with Crippen molar-refractivity contribution in [1.29, 1.82) is 0 Å². The molecule has 1 atom stereocenters. The topological polar surface area (TPSA) is 102 Å². The second-order valence-corrected chi connectivity index (χ2v) is 10.2. The number of benzene rings is 1. The lowest BCUT2D eigenvalue weighted by molar-refractivity contribution is 0.102. The maximum atomic E-state index is 13.3. The standard InChI is InChI=1S/C24H32N6O2S/c31-13-14-33-29-18-4-5-19-20(15-18)30-12-9-24(7-8-24)17(16-30)3-1-2-10-25-23-26-11-6-21(28-23)27-22(19)32/h4-6,11,15,17,29,31H,1-3,7-10,12-14,16H2,(H2,25,26,27,28,32). The van der Waals surface area contributed by atoms with E-state index in [0.717, 1.165) is 37.4 Å². The molecule has 5 rings (SSSR count). The monoisotopic (exact) mass is 468 g/mol. The molecule has 1 saturated heterocycles. The molecule has 1 amide bonds. The highest BCUT2D eigenvalue weighted by Gasteiger charge is 2.51. The van der Waals surface area contributed by atoms with Crippen molar-refractivity contribution < 1.29 is 9.90 Å². The van der Waals surface area contributed by atoms with Gasteiger partial charge in [-0.25, -0.2) is 4.98 Å². The predicted molar refractivity (Wildman–Crippen MR) is 134 cm³/mol. The van der Waals surface area contributed by atoms with Gasteiger partial charge in [0.2, 0.25) is 5.95 Å². The lowest BCUT2D eigenvalue weighted by Crippen LogP contribution is -2.42. The summed E-state index contributed by atoms with van der Waals surface area (Å²) in [5, 5.41) is 15.4. The number of hydrogen-bond acceptors (Lipinski definition) is 8. The van der Waals surface area contributed by atoms with E-state index in [9.17, 15) is 4.79 Å². The molecule has 33 heavy (non-hydrogen) atoms. The minimum absolute atomic E-state index is 0.122. The Kier molecular flexibility index (Phi) is 6.59. The summed E-state index contributed by atoms with van der Waals surface area (Å²) in [5.41, 5.74) is 3.07. The molecular weight excluding hydrogens is 436 g/mol. The zero-order valence-corrected chi connectivity index (χ0v) is 19.7. The highest BCUT2D eigenvalue weighted by atomic mass is 32.2. The molecule has 2 aromatic rings. The van der Waals surface area contributed by atoms with Crippen LogP contribution in [0.15, 0.2) is 30.5 Å². The van der Waals surface area contributed by atoms with Gasteiger partial charge in [0, 0.05) is 37.3 Å². The van der Waals surface area contributed by atoms with Crippen molar-refractivity contribution in [1.82, 2.24) is 9.97 Å².